The topological polar surface area (TPSA) is 66.5 Å². The number of piperidine rings is 1. The van der Waals surface area contributed by atoms with E-state index in [1.165, 1.54) is 0 Å². The molecule has 1 aromatic carbocycles. The number of carbonyl (C=O) groups is 1. The summed E-state index contributed by atoms with van der Waals surface area (Å²) < 4.78 is 28.3. The molecule has 0 aromatic heterocycles. The quantitative estimate of drug-likeness (QED) is 0.857. The van der Waals surface area contributed by atoms with Gasteiger partial charge in [-0.3, -0.25) is 4.79 Å². The van der Waals surface area contributed by atoms with Gasteiger partial charge in [0, 0.05) is 19.1 Å². The van der Waals surface area contributed by atoms with Crippen LogP contribution in [0, 0.1) is 13.8 Å². The third kappa shape index (κ3) is 4.65. The lowest BCUT2D eigenvalue weighted by atomic mass is 10.0. The van der Waals surface area contributed by atoms with E-state index in [-0.39, 0.29) is 11.9 Å². The van der Waals surface area contributed by atoms with Crippen molar-refractivity contribution in [2.45, 2.75) is 70.1 Å². The van der Waals surface area contributed by atoms with Crippen LogP contribution in [0.3, 0.4) is 0 Å². The summed E-state index contributed by atoms with van der Waals surface area (Å²) in [5.41, 5.74) is 3.27. The molecule has 0 radical (unpaired) electrons. The van der Waals surface area contributed by atoms with Crippen LogP contribution < -0.4 is 4.72 Å². The van der Waals surface area contributed by atoms with E-state index < -0.39 is 15.3 Å². The standard InChI is InChI=1S/C20H30N2O3S/c1-15-9-10-16(2)17(12-15)13-20(23)22-11-5-8-19(14-22)26(24,25)21-18-6-3-4-7-18/h9-10,12,18-19,21H,3-8,11,13-14H2,1-2H3. The minimum Gasteiger partial charge on any atom is -0.341 e. The zero-order valence-corrected chi connectivity index (χ0v) is 16.6. The number of amides is 1. The van der Waals surface area contributed by atoms with Crippen molar-refractivity contribution < 1.29 is 13.2 Å². The first-order valence-corrected chi connectivity index (χ1v) is 11.2. The van der Waals surface area contributed by atoms with E-state index in [0.717, 1.165) is 48.8 Å². The summed E-state index contributed by atoms with van der Waals surface area (Å²) in [5, 5.41) is -0.487. The summed E-state index contributed by atoms with van der Waals surface area (Å²) in [7, 11) is -3.36. The molecule has 0 spiro atoms. The van der Waals surface area contributed by atoms with E-state index in [0.29, 0.717) is 25.9 Å². The molecule has 3 rings (SSSR count). The molecule has 26 heavy (non-hydrogen) atoms. The Labute approximate surface area is 157 Å². The fourth-order valence-corrected chi connectivity index (χ4v) is 5.80. The van der Waals surface area contributed by atoms with Crippen LogP contribution in [-0.4, -0.2) is 43.6 Å². The minimum atomic E-state index is -3.36. The Balaban J connectivity index is 1.63. The molecule has 1 atom stereocenters. The van der Waals surface area contributed by atoms with Crippen LogP contribution in [0.2, 0.25) is 0 Å². The molecule has 1 N–H and O–H groups in total. The van der Waals surface area contributed by atoms with Crippen molar-refractivity contribution in [1.82, 2.24) is 9.62 Å². The molecule has 1 heterocycles. The number of hydrogen-bond donors (Lipinski definition) is 1. The summed E-state index contributed by atoms with van der Waals surface area (Å²) in [6.07, 6.45) is 5.78. The number of nitrogens with one attached hydrogen (secondary N) is 1. The van der Waals surface area contributed by atoms with Crippen LogP contribution in [0.5, 0.6) is 0 Å². The van der Waals surface area contributed by atoms with Crippen molar-refractivity contribution in [2.75, 3.05) is 13.1 Å². The lowest BCUT2D eigenvalue weighted by Crippen LogP contribution is -2.50. The molecule has 1 saturated heterocycles. The second-order valence-corrected chi connectivity index (χ2v) is 9.85. The highest BCUT2D eigenvalue weighted by Crippen LogP contribution is 2.23. The zero-order valence-electron chi connectivity index (χ0n) is 15.8. The Hall–Kier alpha value is -1.40. The SMILES string of the molecule is Cc1ccc(C)c(CC(=O)N2CCCC(S(=O)(=O)NC3CCCC3)C2)c1. The molecule has 1 aliphatic carbocycles. The van der Waals surface area contributed by atoms with E-state index in [9.17, 15) is 13.2 Å². The van der Waals surface area contributed by atoms with Gasteiger partial charge < -0.3 is 4.90 Å². The van der Waals surface area contributed by atoms with Crippen molar-refractivity contribution >= 4 is 15.9 Å². The first kappa shape index (κ1) is 19.4. The highest BCUT2D eigenvalue weighted by atomic mass is 32.2. The predicted octanol–water partition coefficient (Wildman–Crippen LogP) is 2.70. The summed E-state index contributed by atoms with van der Waals surface area (Å²) in [6, 6.07) is 6.21. The van der Waals surface area contributed by atoms with Crippen molar-refractivity contribution in [3.63, 3.8) is 0 Å². The maximum Gasteiger partial charge on any atom is 0.227 e. The highest BCUT2D eigenvalue weighted by molar-refractivity contribution is 7.90. The van der Waals surface area contributed by atoms with Crippen LogP contribution in [0.1, 0.15) is 55.2 Å². The molecule has 6 heteroatoms. The molecule has 1 aromatic rings. The Kier molecular flexibility index (Phi) is 6.03. The number of hydrogen-bond acceptors (Lipinski definition) is 3. The largest absolute Gasteiger partial charge is 0.341 e. The normalized spacial score (nSPS) is 21.9. The monoisotopic (exact) mass is 378 g/mol. The minimum absolute atomic E-state index is 0.0273. The summed E-state index contributed by atoms with van der Waals surface area (Å²) >= 11 is 0. The van der Waals surface area contributed by atoms with Crippen LogP contribution in [0.4, 0.5) is 0 Å². The second kappa shape index (κ2) is 8.09. The van der Waals surface area contributed by atoms with E-state index in [1.807, 2.05) is 32.0 Å². The molecule has 1 unspecified atom stereocenters. The summed E-state index contributed by atoms with van der Waals surface area (Å²) in [6.45, 7) is 4.99. The maximum atomic E-state index is 12.8. The van der Waals surface area contributed by atoms with Gasteiger partial charge in [0.25, 0.3) is 0 Å². The van der Waals surface area contributed by atoms with Crippen molar-refractivity contribution in [2.24, 2.45) is 0 Å². The van der Waals surface area contributed by atoms with Crippen LogP contribution >= 0.6 is 0 Å². The molecule has 144 valence electrons. The van der Waals surface area contributed by atoms with Gasteiger partial charge in [0.15, 0.2) is 0 Å². The van der Waals surface area contributed by atoms with E-state index in [4.69, 9.17) is 0 Å². The van der Waals surface area contributed by atoms with Crippen LogP contribution in [0.15, 0.2) is 18.2 Å². The van der Waals surface area contributed by atoms with Gasteiger partial charge in [0.1, 0.15) is 0 Å². The number of likely N-dealkylation sites (tertiary alicyclic amines) is 1. The molecular formula is C20H30N2O3S. The maximum absolute atomic E-state index is 12.8. The predicted molar refractivity (Wildman–Crippen MR) is 104 cm³/mol. The first-order valence-electron chi connectivity index (χ1n) is 9.70. The van der Waals surface area contributed by atoms with Crippen molar-refractivity contribution in [3.8, 4) is 0 Å². The van der Waals surface area contributed by atoms with Gasteiger partial charge in [0.2, 0.25) is 15.9 Å². The number of benzene rings is 1. The lowest BCUT2D eigenvalue weighted by molar-refractivity contribution is -0.131. The number of sulfonamides is 1. The summed E-state index contributed by atoms with van der Waals surface area (Å²) in [4.78, 5) is 14.5. The fourth-order valence-electron chi connectivity index (χ4n) is 4.06. The summed E-state index contributed by atoms with van der Waals surface area (Å²) in [5.74, 6) is 0.0273. The van der Waals surface area contributed by atoms with Gasteiger partial charge in [-0.1, -0.05) is 36.6 Å². The van der Waals surface area contributed by atoms with Crippen molar-refractivity contribution in [3.05, 3.63) is 34.9 Å². The Morgan fingerprint density at radius 1 is 1.15 bits per heavy atom. The Bertz CT molecular complexity index is 754. The Morgan fingerprint density at radius 3 is 2.62 bits per heavy atom. The third-order valence-electron chi connectivity index (χ3n) is 5.70. The second-order valence-electron chi connectivity index (χ2n) is 7.85. The molecule has 5 nitrogen and oxygen atoms in total. The van der Waals surface area contributed by atoms with E-state index in [2.05, 4.69) is 4.72 Å². The average molecular weight is 379 g/mol. The van der Waals surface area contributed by atoms with Gasteiger partial charge in [-0.2, -0.15) is 0 Å². The molecule has 1 amide bonds. The smallest absolute Gasteiger partial charge is 0.227 e. The van der Waals surface area contributed by atoms with Gasteiger partial charge in [-0.15, -0.1) is 0 Å². The lowest BCUT2D eigenvalue weighted by Gasteiger charge is -2.33. The molecule has 1 aliphatic heterocycles. The molecule has 1 saturated carbocycles. The Morgan fingerprint density at radius 2 is 1.88 bits per heavy atom. The zero-order chi connectivity index (χ0) is 18.7. The number of aryl methyl sites for hydroxylation is 2. The number of carbonyl (C=O) groups excluding carboxylic acids is 1. The van der Waals surface area contributed by atoms with Crippen molar-refractivity contribution in [1.29, 1.82) is 0 Å². The third-order valence-corrected chi connectivity index (χ3v) is 7.63. The molecular weight excluding hydrogens is 348 g/mol. The highest BCUT2D eigenvalue weighted by Gasteiger charge is 2.34. The number of nitrogens with zero attached hydrogens (tertiary/aromatic N) is 1. The van der Waals surface area contributed by atoms with E-state index >= 15 is 0 Å². The molecule has 2 fully saturated rings. The average Bonchev–Trinajstić information content (AvgIpc) is 3.10. The van der Waals surface area contributed by atoms with Crippen LogP contribution in [0.25, 0.3) is 0 Å². The molecule has 2 aliphatic rings. The van der Waals surface area contributed by atoms with Gasteiger partial charge >= 0.3 is 0 Å². The molecule has 0 bridgehead atoms. The van der Waals surface area contributed by atoms with Gasteiger partial charge in [-0.05, 0) is 50.7 Å². The van der Waals surface area contributed by atoms with Crippen LogP contribution in [-0.2, 0) is 21.2 Å². The number of rotatable bonds is 5. The van der Waals surface area contributed by atoms with Gasteiger partial charge in [-0.25, -0.2) is 13.1 Å². The first-order chi connectivity index (χ1) is 12.3. The van der Waals surface area contributed by atoms with E-state index in [1.54, 1.807) is 4.90 Å². The van der Waals surface area contributed by atoms with Gasteiger partial charge in [0.05, 0.1) is 11.7 Å². The fraction of sp³-hybridized carbons (Fsp3) is 0.650.